The summed E-state index contributed by atoms with van der Waals surface area (Å²) in [7, 11) is -3.47. The minimum absolute atomic E-state index is 0. The molecule has 2 rings (SSSR count). The van der Waals surface area contributed by atoms with Crippen molar-refractivity contribution in [3.8, 4) is 11.5 Å². The van der Waals surface area contributed by atoms with Gasteiger partial charge in [0.25, 0.3) is 0 Å². The molecule has 0 aromatic heterocycles. The van der Waals surface area contributed by atoms with E-state index in [1.54, 1.807) is 0 Å². The van der Waals surface area contributed by atoms with Gasteiger partial charge in [-0.1, -0.05) is 0 Å². The topological polar surface area (TPSA) is 18.5 Å². The first-order valence-corrected chi connectivity index (χ1v) is 16.3. The van der Waals surface area contributed by atoms with Crippen LogP contribution in [0.5, 0.6) is 11.5 Å². The average Bonchev–Trinajstić information content (AvgIpc) is 3.04. The number of benzene rings is 1. The third kappa shape index (κ3) is 7.03. The summed E-state index contributed by atoms with van der Waals surface area (Å²) in [5.74, 6) is 2.02. The second-order valence-electron chi connectivity index (χ2n) is 7.46. The zero-order chi connectivity index (χ0) is 19.4. The van der Waals surface area contributed by atoms with Crippen LogP contribution < -0.4 is 46.1 Å². The molecule has 0 N–H and O–H groups in total. The Hall–Kier alpha value is 0.578. The molecule has 0 radical (unpaired) electrons. The predicted molar refractivity (Wildman–Crippen MR) is 114 cm³/mol. The van der Waals surface area contributed by atoms with Crippen LogP contribution in [0.4, 0.5) is 0 Å². The summed E-state index contributed by atoms with van der Waals surface area (Å²) in [4.78, 5) is 0. The number of fused-ring (bicyclic) bond motifs is 1. The molecule has 0 amide bonds. The van der Waals surface area contributed by atoms with Crippen LogP contribution in [-0.4, -0.2) is 16.6 Å². The van der Waals surface area contributed by atoms with Crippen LogP contribution in [0.3, 0.4) is 0 Å². The first kappa shape index (κ1) is 31.8. The van der Waals surface area contributed by atoms with E-state index in [0.29, 0.717) is 4.22 Å². The van der Waals surface area contributed by atoms with E-state index in [4.69, 9.17) is 8.85 Å². The van der Waals surface area contributed by atoms with Crippen molar-refractivity contribution in [2.75, 3.05) is 0 Å². The summed E-state index contributed by atoms with van der Waals surface area (Å²) in [5, 5.41) is 0. The second-order valence-corrected chi connectivity index (χ2v) is 17.8. The third-order valence-electron chi connectivity index (χ3n) is 6.47. The molecular formula is C21H35Cl3O2Si2Ti. The van der Waals surface area contributed by atoms with Gasteiger partial charge in [-0.15, -0.1) is 0 Å². The van der Waals surface area contributed by atoms with Crippen LogP contribution in [0, 0.1) is 0 Å². The van der Waals surface area contributed by atoms with Gasteiger partial charge in [-0.3, -0.25) is 0 Å². The van der Waals surface area contributed by atoms with Gasteiger partial charge in [-0.2, -0.15) is 0 Å². The molecule has 0 bridgehead atoms. The summed E-state index contributed by atoms with van der Waals surface area (Å²) < 4.78 is 14.1. The van der Waals surface area contributed by atoms with Crippen LogP contribution in [0.2, 0.25) is 36.3 Å². The number of hydrogen-bond donors (Lipinski definition) is 0. The van der Waals surface area contributed by atoms with Crippen molar-refractivity contribution in [2.45, 2.75) is 82.0 Å². The summed E-state index contributed by atoms with van der Waals surface area (Å²) in [6.07, 6.45) is 4.53. The molecule has 1 aliphatic carbocycles. The van der Waals surface area contributed by atoms with Gasteiger partial charge in [0.1, 0.15) is 0 Å². The number of halogens is 3. The predicted octanol–water partition coefficient (Wildman–Crippen LogP) is -1.92. The molecule has 0 saturated heterocycles. The van der Waals surface area contributed by atoms with E-state index < -0.39 is 16.6 Å². The monoisotopic (exact) mass is 528 g/mol. The zero-order valence-corrected chi connectivity index (χ0v) is 24.4. The van der Waals surface area contributed by atoms with Crippen molar-refractivity contribution >= 4 is 22.7 Å². The van der Waals surface area contributed by atoms with Crippen LogP contribution in [0.1, 0.15) is 56.9 Å². The van der Waals surface area contributed by atoms with Gasteiger partial charge < -0.3 is 37.2 Å². The van der Waals surface area contributed by atoms with E-state index in [-0.39, 0.29) is 37.2 Å². The summed E-state index contributed by atoms with van der Waals surface area (Å²) in [6, 6.07) is 11.5. The van der Waals surface area contributed by atoms with Gasteiger partial charge >= 0.3 is 175 Å². The van der Waals surface area contributed by atoms with Gasteiger partial charge in [0, 0.05) is 0 Å². The molecule has 0 saturated carbocycles. The SMILES string of the molecule is CC[Si](CC)(CC)Oc1cc2c(cc1O[Si](CC)(CC)CC)[CH]([Ti+3])C=C2.[Cl-].[Cl-].[Cl-]. The molecule has 1 aromatic rings. The van der Waals surface area contributed by atoms with Crippen LogP contribution in [0.25, 0.3) is 6.08 Å². The fraction of sp³-hybridized carbons (Fsp3) is 0.619. The zero-order valence-electron chi connectivity index (χ0n) is 18.6. The molecule has 2 nitrogen and oxygen atoms in total. The van der Waals surface area contributed by atoms with E-state index in [0.717, 1.165) is 47.8 Å². The minimum Gasteiger partial charge on any atom is -1.00 e. The Morgan fingerprint density at radius 1 is 0.724 bits per heavy atom. The van der Waals surface area contributed by atoms with Gasteiger partial charge in [0.15, 0.2) is 0 Å². The number of rotatable bonds is 10. The smallest absolute Gasteiger partial charge is 1.00 e. The Kier molecular flexibility index (Phi) is 15.2. The van der Waals surface area contributed by atoms with Crippen molar-refractivity contribution in [1.82, 2.24) is 0 Å². The molecule has 1 aromatic carbocycles. The molecule has 0 fully saturated rings. The molecule has 29 heavy (non-hydrogen) atoms. The van der Waals surface area contributed by atoms with Crippen LogP contribution in [-0.2, 0) is 20.4 Å². The normalized spacial score (nSPS) is 15.0. The van der Waals surface area contributed by atoms with E-state index in [2.05, 4.69) is 86.3 Å². The number of allylic oxidation sites excluding steroid dienone is 1. The Balaban J connectivity index is 0. The maximum atomic E-state index is 6.84. The molecule has 164 valence electrons. The van der Waals surface area contributed by atoms with Crippen molar-refractivity contribution in [3.05, 3.63) is 29.3 Å². The molecule has 8 heteroatoms. The fourth-order valence-electron chi connectivity index (χ4n) is 3.87. The van der Waals surface area contributed by atoms with Crippen molar-refractivity contribution < 1.29 is 66.5 Å². The Labute approximate surface area is 210 Å². The molecule has 0 spiro atoms. The third-order valence-corrected chi connectivity index (χ3v) is 16.3. The maximum Gasteiger partial charge on any atom is -1.00 e. The standard InChI is InChI=1S/C21H35O2Si2.3ClH.Ti/c1-7-24(8-2,9-3)22-20-16-18-14-13-15-19(18)17-21(20)23-25(10-4,11-5)12-6;;;;/h13-17H,7-12H2,1-6H3;3*1H;/q;;;;+3/p-3. The molecule has 1 aliphatic rings. The first-order valence-electron chi connectivity index (χ1n) is 10.4. The van der Waals surface area contributed by atoms with Gasteiger partial charge in [0.2, 0.25) is 0 Å². The quantitative estimate of drug-likeness (QED) is 0.329. The van der Waals surface area contributed by atoms with Gasteiger partial charge in [0.05, 0.1) is 0 Å². The van der Waals surface area contributed by atoms with Crippen molar-refractivity contribution in [3.63, 3.8) is 0 Å². The second kappa shape index (κ2) is 13.9. The van der Waals surface area contributed by atoms with E-state index in [1.807, 2.05) is 0 Å². The van der Waals surface area contributed by atoms with E-state index in [1.165, 1.54) is 11.1 Å². The Bertz CT molecular complexity index is 635. The summed E-state index contributed by atoms with van der Waals surface area (Å²) >= 11 is 2.26. The molecule has 0 heterocycles. The van der Waals surface area contributed by atoms with Crippen LogP contribution in [0.15, 0.2) is 18.2 Å². The first-order chi connectivity index (χ1) is 12.4. The minimum atomic E-state index is -1.74. The van der Waals surface area contributed by atoms with E-state index >= 15 is 0 Å². The van der Waals surface area contributed by atoms with Gasteiger partial charge in [-0.25, -0.2) is 0 Å². The molecule has 1 unspecified atom stereocenters. The van der Waals surface area contributed by atoms with Crippen molar-refractivity contribution in [1.29, 1.82) is 0 Å². The van der Waals surface area contributed by atoms with Crippen LogP contribution >= 0.6 is 0 Å². The average molecular weight is 530 g/mol. The summed E-state index contributed by atoms with van der Waals surface area (Å²) in [6.45, 7) is 13.7. The van der Waals surface area contributed by atoms with E-state index in [9.17, 15) is 0 Å². The number of hydrogen-bond acceptors (Lipinski definition) is 2. The summed E-state index contributed by atoms with van der Waals surface area (Å²) in [5.41, 5.74) is 2.69. The fourth-order valence-corrected chi connectivity index (χ4v) is 9.53. The van der Waals surface area contributed by atoms with Crippen molar-refractivity contribution in [2.24, 2.45) is 0 Å². The molecule has 0 aliphatic heterocycles. The molecule has 1 atom stereocenters. The van der Waals surface area contributed by atoms with Gasteiger partial charge in [-0.05, 0) is 0 Å². The Morgan fingerprint density at radius 2 is 1.10 bits per heavy atom. The largest absolute Gasteiger partial charge is 1.00 e. The maximum absolute atomic E-state index is 6.84. The molecular weight excluding hydrogens is 495 g/mol. The Morgan fingerprint density at radius 3 is 1.48 bits per heavy atom.